The van der Waals surface area contributed by atoms with Gasteiger partial charge in [-0.2, -0.15) is 0 Å². The van der Waals surface area contributed by atoms with Gasteiger partial charge in [-0.25, -0.2) is 0 Å². The van der Waals surface area contributed by atoms with E-state index >= 15 is 0 Å². The predicted molar refractivity (Wildman–Crippen MR) is 87.1 cm³/mol. The van der Waals surface area contributed by atoms with Crippen molar-refractivity contribution in [2.75, 3.05) is 0 Å². The van der Waals surface area contributed by atoms with Gasteiger partial charge in [0, 0.05) is 23.2 Å². The van der Waals surface area contributed by atoms with Gasteiger partial charge in [0.05, 0.1) is 11.9 Å². The maximum atomic E-state index is 11.7. The fourth-order valence-electron chi connectivity index (χ4n) is 4.10. The summed E-state index contributed by atoms with van der Waals surface area (Å²) in [5.74, 6) is 0.756. The molecule has 0 aromatic carbocycles. The van der Waals surface area contributed by atoms with Crippen molar-refractivity contribution in [3.05, 3.63) is 35.8 Å². The van der Waals surface area contributed by atoms with Crippen LogP contribution in [-0.2, 0) is 5.60 Å². The highest BCUT2D eigenvalue weighted by Crippen LogP contribution is 2.51. The van der Waals surface area contributed by atoms with E-state index in [9.17, 15) is 4.79 Å². The average molecular weight is 311 g/mol. The SMILES string of the molecule is CC1(C2CCCCC2)Oc2cnccc2-c2[nH]c(C(N)=O)cc21. The van der Waals surface area contributed by atoms with Gasteiger partial charge in [-0.05, 0) is 31.9 Å². The van der Waals surface area contributed by atoms with Gasteiger partial charge < -0.3 is 15.5 Å². The molecule has 5 nitrogen and oxygen atoms in total. The number of hydrogen-bond donors (Lipinski definition) is 2. The zero-order chi connectivity index (χ0) is 16.0. The summed E-state index contributed by atoms with van der Waals surface area (Å²) >= 11 is 0. The standard InChI is InChI=1S/C18H21N3O2/c1-18(11-5-3-2-4-6-11)13-9-14(17(19)22)21-16(13)12-7-8-20-10-15(12)23-18/h7-11,21H,2-6H2,1H3,(H2,19,22). The molecule has 2 aliphatic rings. The maximum absolute atomic E-state index is 11.7. The highest BCUT2D eigenvalue weighted by atomic mass is 16.5. The van der Waals surface area contributed by atoms with Crippen LogP contribution in [0.3, 0.4) is 0 Å². The largest absolute Gasteiger partial charge is 0.480 e. The van der Waals surface area contributed by atoms with Crippen molar-refractivity contribution in [3.63, 3.8) is 0 Å². The number of H-pyrrole nitrogens is 1. The number of ether oxygens (including phenoxy) is 1. The number of rotatable bonds is 2. The summed E-state index contributed by atoms with van der Waals surface area (Å²) in [6, 6.07) is 3.78. The third-order valence-corrected chi connectivity index (χ3v) is 5.38. The highest BCUT2D eigenvalue weighted by molar-refractivity contribution is 5.93. The molecule has 1 aliphatic heterocycles. The third-order valence-electron chi connectivity index (χ3n) is 5.38. The van der Waals surface area contributed by atoms with Crippen molar-refractivity contribution in [1.29, 1.82) is 0 Å². The first kappa shape index (κ1) is 14.3. The molecule has 1 saturated carbocycles. The molecule has 3 heterocycles. The van der Waals surface area contributed by atoms with E-state index in [-0.39, 0.29) is 0 Å². The number of amides is 1. The van der Waals surface area contributed by atoms with Crippen LogP contribution in [0.25, 0.3) is 11.3 Å². The number of aromatic nitrogens is 2. The van der Waals surface area contributed by atoms with Gasteiger partial charge in [0.1, 0.15) is 17.0 Å². The molecule has 1 fully saturated rings. The highest BCUT2D eigenvalue weighted by Gasteiger charge is 2.45. The van der Waals surface area contributed by atoms with E-state index in [1.807, 2.05) is 12.1 Å². The van der Waals surface area contributed by atoms with Gasteiger partial charge in [-0.3, -0.25) is 9.78 Å². The number of carbonyl (C=O) groups is 1. The zero-order valence-electron chi connectivity index (χ0n) is 13.3. The van der Waals surface area contributed by atoms with Gasteiger partial charge in [0.25, 0.3) is 5.91 Å². The summed E-state index contributed by atoms with van der Waals surface area (Å²) in [5, 5.41) is 0. The lowest BCUT2D eigenvalue weighted by atomic mass is 9.73. The Labute approximate surface area is 135 Å². The molecule has 0 saturated heterocycles. The van der Waals surface area contributed by atoms with Crippen LogP contribution in [0.4, 0.5) is 0 Å². The van der Waals surface area contributed by atoms with Crippen molar-refractivity contribution >= 4 is 5.91 Å². The van der Waals surface area contributed by atoms with E-state index in [1.165, 1.54) is 19.3 Å². The van der Waals surface area contributed by atoms with E-state index in [4.69, 9.17) is 10.5 Å². The van der Waals surface area contributed by atoms with E-state index < -0.39 is 11.5 Å². The second-order valence-electron chi connectivity index (χ2n) is 6.75. The van der Waals surface area contributed by atoms with Crippen LogP contribution in [-0.4, -0.2) is 15.9 Å². The van der Waals surface area contributed by atoms with Crippen LogP contribution in [0.2, 0.25) is 0 Å². The molecule has 2 aromatic heterocycles. The molecule has 1 aliphatic carbocycles. The van der Waals surface area contributed by atoms with Gasteiger partial charge in [-0.15, -0.1) is 0 Å². The summed E-state index contributed by atoms with van der Waals surface area (Å²) in [7, 11) is 0. The molecule has 5 heteroatoms. The third kappa shape index (κ3) is 2.14. The first-order valence-corrected chi connectivity index (χ1v) is 8.26. The zero-order valence-corrected chi connectivity index (χ0v) is 13.3. The molecule has 0 bridgehead atoms. The molecule has 1 unspecified atom stereocenters. The minimum atomic E-state index is -0.448. The fourth-order valence-corrected chi connectivity index (χ4v) is 4.10. The molecular weight excluding hydrogens is 290 g/mol. The van der Waals surface area contributed by atoms with Gasteiger partial charge >= 0.3 is 0 Å². The smallest absolute Gasteiger partial charge is 0.265 e. The normalized spacial score (nSPS) is 23.7. The number of primary amides is 1. The molecule has 3 N–H and O–H groups in total. The fraction of sp³-hybridized carbons (Fsp3) is 0.444. The van der Waals surface area contributed by atoms with Crippen LogP contribution in [0.1, 0.15) is 55.1 Å². The Hall–Kier alpha value is -2.30. The van der Waals surface area contributed by atoms with Crippen LogP contribution in [0.15, 0.2) is 24.5 Å². The molecule has 23 heavy (non-hydrogen) atoms. The quantitative estimate of drug-likeness (QED) is 0.892. The van der Waals surface area contributed by atoms with Gasteiger partial charge in [-0.1, -0.05) is 19.3 Å². The molecular formula is C18H21N3O2. The monoisotopic (exact) mass is 311 g/mol. The Morgan fingerprint density at radius 3 is 2.91 bits per heavy atom. The van der Waals surface area contributed by atoms with E-state index in [1.54, 1.807) is 12.4 Å². The minimum absolute atomic E-state index is 0.430. The molecule has 1 amide bonds. The van der Waals surface area contributed by atoms with E-state index in [2.05, 4.69) is 16.9 Å². The number of hydrogen-bond acceptors (Lipinski definition) is 3. The lowest BCUT2D eigenvalue weighted by Gasteiger charge is -2.43. The summed E-state index contributed by atoms with van der Waals surface area (Å²) in [5.41, 5.74) is 8.40. The van der Waals surface area contributed by atoms with Crippen LogP contribution < -0.4 is 10.5 Å². The lowest BCUT2D eigenvalue weighted by Crippen LogP contribution is -2.41. The number of pyridine rings is 1. The number of nitrogens with one attached hydrogen (secondary N) is 1. The number of aromatic amines is 1. The number of nitrogens with zero attached hydrogens (tertiary/aromatic N) is 1. The van der Waals surface area contributed by atoms with Crippen LogP contribution in [0.5, 0.6) is 5.75 Å². The molecule has 1 atom stereocenters. The molecule has 0 radical (unpaired) electrons. The Morgan fingerprint density at radius 2 is 2.17 bits per heavy atom. The van der Waals surface area contributed by atoms with Crippen molar-refractivity contribution < 1.29 is 9.53 Å². The molecule has 2 aromatic rings. The molecule has 120 valence electrons. The first-order chi connectivity index (χ1) is 11.1. The minimum Gasteiger partial charge on any atom is -0.480 e. The summed E-state index contributed by atoms with van der Waals surface area (Å²) < 4.78 is 6.44. The Kier molecular flexibility index (Phi) is 3.18. The van der Waals surface area contributed by atoms with Gasteiger partial charge in [0.2, 0.25) is 0 Å². The average Bonchev–Trinajstić information content (AvgIpc) is 3.03. The predicted octanol–water partition coefficient (Wildman–Crippen LogP) is 3.36. The lowest BCUT2D eigenvalue weighted by molar-refractivity contribution is 0.00139. The van der Waals surface area contributed by atoms with Crippen LogP contribution in [0, 0.1) is 5.92 Å². The molecule has 4 rings (SSSR count). The van der Waals surface area contributed by atoms with E-state index in [0.717, 1.165) is 35.4 Å². The number of fused-ring (bicyclic) bond motifs is 3. The second-order valence-corrected chi connectivity index (χ2v) is 6.75. The van der Waals surface area contributed by atoms with Crippen LogP contribution >= 0.6 is 0 Å². The summed E-state index contributed by atoms with van der Waals surface area (Å²) in [4.78, 5) is 19.1. The summed E-state index contributed by atoms with van der Waals surface area (Å²) in [6.45, 7) is 2.14. The first-order valence-electron chi connectivity index (χ1n) is 8.26. The Morgan fingerprint density at radius 1 is 1.39 bits per heavy atom. The van der Waals surface area contributed by atoms with Gasteiger partial charge in [0.15, 0.2) is 0 Å². The summed E-state index contributed by atoms with van der Waals surface area (Å²) in [6.07, 6.45) is 9.52. The maximum Gasteiger partial charge on any atom is 0.265 e. The van der Waals surface area contributed by atoms with Crippen molar-refractivity contribution in [3.8, 4) is 17.0 Å². The Balaban J connectivity index is 1.89. The number of carbonyl (C=O) groups excluding carboxylic acids is 1. The van der Waals surface area contributed by atoms with Crippen molar-refractivity contribution in [2.24, 2.45) is 11.7 Å². The molecule has 0 spiro atoms. The van der Waals surface area contributed by atoms with Crippen molar-refractivity contribution in [2.45, 2.75) is 44.6 Å². The topological polar surface area (TPSA) is 81.0 Å². The second kappa shape index (κ2) is 5.11. The van der Waals surface area contributed by atoms with Crippen molar-refractivity contribution in [1.82, 2.24) is 9.97 Å². The Bertz CT molecular complexity index is 761. The number of nitrogens with two attached hydrogens (primary N) is 1. The van der Waals surface area contributed by atoms with E-state index in [0.29, 0.717) is 11.6 Å².